The molecule has 2 aromatic carbocycles. The van der Waals surface area contributed by atoms with Crippen LogP contribution in [0.15, 0.2) is 73.1 Å². The zero-order valence-electron chi connectivity index (χ0n) is 16.3. The van der Waals surface area contributed by atoms with Gasteiger partial charge in [-0.15, -0.1) is 0 Å². The van der Waals surface area contributed by atoms with Crippen LogP contribution in [0.1, 0.15) is 41.4 Å². The fourth-order valence-electron chi connectivity index (χ4n) is 2.94. The SMILES string of the molecule is COc1cc(C(=O)NC(c2ccccc2)c2ccncc2)ccc1OC(C)C. The first-order valence-electron chi connectivity index (χ1n) is 9.19. The third kappa shape index (κ3) is 4.68. The molecule has 0 saturated heterocycles. The zero-order valence-corrected chi connectivity index (χ0v) is 16.3. The van der Waals surface area contributed by atoms with Crippen LogP contribution < -0.4 is 14.8 Å². The molecule has 0 fully saturated rings. The van der Waals surface area contributed by atoms with Crippen molar-refractivity contribution in [1.82, 2.24) is 10.3 Å². The monoisotopic (exact) mass is 376 g/mol. The number of methoxy groups -OCH3 is 1. The fraction of sp³-hybridized carbons (Fsp3) is 0.217. The average Bonchev–Trinajstić information content (AvgIpc) is 2.73. The Hall–Kier alpha value is -3.34. The standard InChI is InChI=1S/C23H24N2O3/c1-16(2)28-20-10-9-19(15-21(20)27-3)23(26)25-22(17-7-5-4-6-8-17)18-11-13-24-14-12-18/h4-16,22H,1-3H3,(H,25,26). The first kappa shape index (κ1) is 19.4. The lowest BCUT2D eigenvalue weighted by atomic mass is 9.99. The highest BCUT2D eigenvalue weighted by Crippen LogP contribution is 2.29. The number of carbonyl (C=O) groups excluding carboxylic acids is 1. The molecule has 1 heterocycles. The van der Waals surface area contributed by atoms with Crippen molar-refractivity contribution in [3.05, 3.63) is 89.7 Å². The maximum atomic E-state index is 13.0. The van der Waals surface area contributed by atoms with E-state index >= 15 is 0 Å². The van der Waals surface area contributed by atoms with Crippen molar-refractivity contribution < 1.29 is 14.3 Å². The Bertz CT molecular complexity index is 872. The first-order valence-corrected chi connectivity index (χ1v) is 9.19. The maximum absolute atomic E-state index is 13.0. The van der Waals surface area contributed by atoms with Gasteiger partial charge in [0.1, 0.15) is 0 Å². The van der Waals surface area contributed by atoms with Gasteiger partial charge in [0.25, 0.3) is 5.91 Å². The second-order valence-electron chi connectivity index (χ2n) is 6.63. The van der Waals surface area contributed by atoms with Crippen molar-refractivity contribution in [2.24, 2.45) is 0 Å². The number of benzene rings is 2. The Labute approximate surface area is 165 Å². The number of hydrogen-bond acceptors (Lipinski definition) is 4. The fourth-order valence-corrected chi connectivity index (χ4v) is 2.94. The summed E-state index contributed by atoms with van der Waals surface area (Å²) in [5, 5.41) is 3.11. The maximum Gasteiger partial charge on any atom is 0.252 e. The van der Waals surface area contributed by atoms with E-state index in [1.54, 1.807) is 37.7 Å². The molecule has 1 unspecified atom stereocenters. The van der Waals surface area contributed by atoms with Gasteiger partial charge in [-0.1, -0.05) is 30.3 Å². The number of ether oxygens (including phenoxy) is 2. The third-order valence-electron chi connectivity index (χ3n) is 4.24. The highest BCUT2D eigenvalue weighted by molar-refractivity contribution is 5.95. The number of pyridine rings is 1. The minimum absolute atomic E-state index is 0.0164. The molecule has 5 nitrogen and oxygen atoms in total. The molecule has 0 aliphatic rings. The Balaban J connectivity index is 1.88. The van der Waals surface area contributed by atoms with Crippen LogP contribution in [-0.2, 0) is 0 Å². The number of rotatable bonds is 7. The summed E-state index contributed by atoms with van der Waals surface area (Å²) >= 11 is 0. The first-order chi connectivity index (χ1) is 13.6. The van der Waals surface area contributed by atoms with E-state index in [0.717, 1.165) is 11.1 Å². The normalized spacial score (nSPS) is 11.7. The Morgan fingerprint density at radius 2 is 1.61 bits per heavy atom. The lowest BCUT2D eigenvalue weighted by Gasteiger charge is -2.20. The van der Waals surface area contributed by atoms with E-state index in [2.05, 4.69) is 10.3 Å². The Morgan fingerprint density at radius 1 is 0.929 bits per heavy atom. The van der Waals surface area contributed by atoms with Crippen LogP contribution in [0.2, 0.25) is 0 Å². The van der Waals surface area contributed by atoms with Gasteiger partial charge in [0, 0.05) is 18.0 Å². The van der Waals surface area contributed by atoms with Crippen molar-refractivity contribution in [1.29, 1.82) is 0 Å². The van der Waals surface area contributed by atoms with Gasteiger partial charge in [0.05, 0.1) is 19.3 Å². The third-order valence-corrected chi connectivity index (χ3v) is 4.24. The highest BCUT2D eigenvalue weighted by atomic mass is 16.5. The second-order valence-corrected chi connectivity index (χ2v) is 6.63. The van der Waals surface area contributed by atoms with Crippen molar-refractivity contribution in [2.75, 3.05) is 7.11 Å². The van der Waals surface area contributed by atoms with Gasteiger partial charge in [-0.3, -0.25) is 9.78 Å². The van der Waals surface area contributed by atoms with Crippen molar-refractivity contribution >= 4 is 5.91 Å². The molecule has 28 heavy (non-hydrogen) atoms. The summed E-state index contributed by atoms with van der Waals surface area (Å²) in [5.41, 5.74) is 2.46. The van der Waals surface area contributed by atoms with Crippen LogP contribution in [0.3, 0.4) is 0 Å². The van der Waals surface area contributed by atoms with E-state index < -0.39 is 0 Å². The number of amides is 1. The molecular formula is C23H24N2O3. The molecule has 1 aromatic heterocycles. The predicted molar refractivity (Wildman–Crippen MR) is 109 cm³/mol. The largest absolute Gasteiger partial charge is 0.493 e. The molecule has 0 aliphatic carbocycles. The van der Waals surface area contributed by atoms with Gasteiger partial charge in [0.2, 0.25) is 0 Å². The van der Waals surface area contributed by atoms with Crippen molar-refractivity contribution in [2.45, 2.75) is 26.0 Å². The topological polar surface area (TPSA) is 60.5 Å². The van der Waals surface area contributed by atoms with Crippen LogP contribution in [0.4, 0.5) is 0 Å². The summed E-state index contributed by atoms with van der Waals surface area (Å²) in [7, 11) is 1.56. The van der Waals surface area contributed by atoms with E-state index in [9.17, 15) is 4.79 Å². The van der Waals surface area contributed by atoms with Gasteiger partial charge in [0.15, 0.2) is 11.5 Å². The summed E-state index contributed by atoms with van der Waals surface area (Å²) in [5.74, 6) is 0.948. The van der Waals surface area contributed by atoms with Gasteiger partial charge >= 0.3 is 0 Å². The van der Waals surface area contributed by atoms with Crippen LogP contribution >= 0.6 is 0 Å². The van der Waals surface area contributed by atoms with E-state index in [-0.39, 0.29) is 18.1 Å². The summed E-state index contributed by atoms with van der Waals surface area (Å²) < 4.78 is 11.1. The molecule has 1 atom stereocenters. The molecular weight excluding hydrogens is 352 g/mol. The molecule has 0 saturated carbocycles. The Morgan fingerprint density at radius 3 is 2.25 bits per heavy atom. The summed E-state index contributed by atoms with van der Waals surface area (Å²) in [4.78, 5) is 17.1. The highest BCUT2D eigenvalue weighted by Gasteiger charge is 2.19. The van der Waals surface area contributed by atoms with E-state index in [0.29, 0.717) is 17.1 Å². The summed E-state index contributed by atoms with van der Waals surface area (Å²) in [6, 6.07) is 18.6. The minimum atomic E-state index is -0.283. The van der Waals surface area contributed by atoms with Gasteiger partial charge in [-0.25, -0.2) is 0 Å². The second kappa shape index (κ2) is 9.04. The van der Waals surface area contributed by atoms with Crippen LogP contribution in [0.25, 0.3) is 0 Å². The molecule has 144 valence electrons. The number of hydrogen-bond donors (Lipinski definition) is 1. The van der Waals surface area contributed by atoms with Gasteiger partial charge < -0.3 is 14.8 Å². The molecule has 3 aromatic rings. The molecule has 0 spiro atoms. The quantitative estimate of drug-likeness (QED) is 0.664. The number of aromatic nitrogens is 1. The molecule has 0 bridgehead atoms. The summed E-state index contributed by atoms with van der Waals surface area (Å²) in [6.07, 6.45) is 3.46. The predicted octanol–water partition coefficient (Wildman–Crippen LogP) is 4.40. The van der Waals surface area contributed by atoms with E-state index in [1.807, 2.05) is 56.3 Å². The number of nitrogens with one attached hydrogen (secondary N) is 1. The lowest BCUT2D eigenvalue weighted by Crippen LogP contribution is -2.29. The van der Waals surface area contributed by atoms with E-state index in [1.165, 1.54) is 0 Å². The Kier molecular flexibility index (Phi) is 6.27. The lowest BCUT2D eigenvalue weighted by molar-refractivity contribution is 0.0942. The minimum Gasteiger partial charge on any atom is -0.493 e. The molecule has 1 amide bonds. The zero-order chi connectivity index (χ0) is 19.9. The van der Waals surface area contributed by atoms with Crippen LogP contribution in [0.5, 0.6) is 11.5 Å². The number of carbonyl (C=O) groups is 1. The summed E-state index contributed by atoms with van der Waals surface area (Å²) in [6.45, 7) is 3.89. The molecule has 3 rings (SSSR count). The molecule has 5 heteroatoms. The number of nitrogens with zero attached hydrogens (tertiary/aromatic N) is 1. The van der Waals surface area contributed by atoms with Crippen molar-refractivity contribution in [3.8, 4) is 11.5 Å². The molecule has 0 radical (unpaired) electrons. The van der Waals surface area contributed by atoms with E-state index in [4.69, 9.17) is 9.47 Å². The average molecular weight is 376 g/mol. The van der Waals surface area contributed by atoms with Gasteiger partial charge in [-0.2, -0.15) is 0 Å². The van der Waals surface area contributed by atoms with Crippen LogP contribution in [-0.4, -0.2) is 24.1 Å². The molecule has 1 N–H and O–H groups in total. The smallest absolute Gasteiger partial charge is 0.252 e. The van der Waals surface area contributed by atoms with Crippen LogP contribution in [0, 0.1) is 0 Å². The van der Waals surface area contributed by atoms with Gasteiger partial charge in [-0.05, 0) is 55.3 Å². The molecule has 0 aliphatic heterocycles. The van der Waals surface area contributed by atoms with Crippen molar-refractivity contribution in [3.63, 3.8) is 0 Å².